The van der Waals surface area contributed by atoms with E-state index in [1.807, 2.05) is 11.3 Å². The molecule has 1 unspecified atom stereocenters. The Labute approximate surface area is 89.7 Å². The highest BCUT2D eigenvalue weighted by molar-refractivity contribution is 7.09. The van der Waals surface area contributed by atoms with E-state index in [4.69, 9.17) is 5.73 Å². The average molecular weight is 210 g/mol. The van der Waals surface area contributed by atoms with Crippen LogP contribution in [0.3, 0.4) is 0 Å². The minimum Gasteiger partial charge on any atom is -0.330 e. The molecule has 0 saturated carbocycles. The van der Waals surface area contributed by atoms with Crippen molar-refractivity contribution in [3.05, 3.63) is 22.4 Å². The fraction of sp³-hybridized carbons (Fsp3) is 0.636. The fourth-order valence-corrected chi connectivity index (χ4v) is 3.20. The smallest absolute Gasteiger partial charge is 0.00517 e. The number of likely N-dealkylation sites (tertiary alicyclic amines) is 1. The Hall–Kier alpha value is -0.380. The van der Waals surface area contributed by atoms with Gasteiger partial charge in [-0.15, -0.1) is 11.3 Å². The Bertz CT molecular complexity index is 283. The number of nitrogens with two attached hydrogens (primary N) is 1. The average Bonchev–Trinajstić information content (AvgIpc) is 2.77. The van der Waals surface area contributed by atoms with E-state index in [1.54, 1.807) is 0 Å². The molecule has 2 heterocycles. The van der Waals surface area contributed by atoms with E-state index in [1.165, 1.54) is 17.8 Å². The third-order valence-electron chi connectivity index (χ3n) is 3.19. The van der Waals surface area contributed by atoms with Crippen LogP contribution >= 0.6 is 11.3 Å². The molecular formula is C11H18N2S. The molecule has 0 radical (unpaired) electrons. The lowest BCUT2D eigenvalue weighted by Crippen LogP contribution is -2.35. The maximum atomic E-state index is 5.93. The Morgan fingerprint density at radius 1 is 1.64 bits per heavy atom. The lowest BCUT2D eigenvalue weighted by Gasteiger charge is -2.26. The lowest BCUT2D eigenvalue weighted by molar-refractivity contribution is 0.290. The van der Waals surface area contributed by atoms with Crippen LogP contribution in [0, 0.1) is 5.41 Å². The summed E-state index contributed by atoms with van der Waals surface area (Å²) in [5.41, 5.74) is 6.27. The van der Waals surface area contributed by atoms with Crippen LogP contribution < -0.4 is 5.73 Å². The highest BCUT2D eigenvalue weighted by Crippen LogP contribution is 2.33. The predicted octanol–water partition coefficient (Wildman–Crippen LogP) is 1.57. The molecule has 2 N–H and O–H groups in total. The third-order valence-corrected chi connectivity index (χ3v) is 4.07. The zero-order chi connectivity index (χ0) is 10.0. The normalized spacial score (nSPS) is 28.4. The standard InChI is InChI=1S/C11H18N2S/c1-13-5-4-11(8-12,9-13)7-10-3-2-6-14-10/h2-3,6H,4-5,7-9,12H2,1H3. The first-order valence-electron chi connectivity index (χ1n) is 5.15. The van der Waals surface area contributed by atoms with Gasteiger partial charge in [-0.25, -0.2) is 0 Å². The second kappa shape index (κ2) is 4.01. The summed E-state index contributed by atoms with van der Waals surface area (Å²) in [6.45, 7) is 3.17. The van der Waals surface area contributed by atoms with E-state index < -0.39 is 0 Å². The van der Waals surface area contributed by atoms with Crippen molar-refractivity contribution in [3.8, 4) is 0 Å². The zero-order valence-corrected chi connectivity index (χ0v) is 9.52. The van der Waals surface area contributed by atoms with Gasteiger partial charge < -0.3 is 10.6 Å². The zero-order valence-electron chi connectivity index (χ0n) is 8.70. The Kier molecular flexibility index (Phi) is 2.91. The number of nitrogens with zero attached hydrogens (tertiary/aromatic N) is 1. The van der Waals surface area contributed by atoms with E-state index in [-0.39, 0.29) is 0 Å². The van der Waals surface area contributed by atoms with Crippen LogP contribution in [-0.4, -0.2) is 31.6 Å². The molecular weight excluding hydrogens is 192 g/mol. The summed E-state index contributed by atoms with van der Waals surface area (Å²) >= 11 is 1.85. The Morgan fingerprint density at radius 3 is 3.00 bits per heavy atom. The van der Waals surface area contributed by atoms with Crippen molar-refractivity contribution in [1.29, 1.82) is 0 Å². The molecule has 14 heavy (non-hydrogen) atoms. The van der Waals surface area contributed by atoms with Gasteiger partial charge in [-0.05, 0) is 44.4 Å². The molecule has 2 rings (SSSR count). The Morgan fingerprint density at radius 2 is 2.50 bits per heavy atom. The SMILES string of the molecule is CN1CCC(CN)(Cc2cccs2)C1. The summed E-state index contributed by atoms with van der Waals surface area (Å²) in [4.78, 5) is 3.87. The monoisotopic (exact) mass is 210 g/mol. The minimum absolute atomic E-state index is 0.347. The fourth-order valence-electron chi connectivity index (χ4n) is 2.32. The molecule has 1 aliphatic heterocycles. The first-order chi connectivity index (χ1) is 6.74. The number of thiophene rings is 1. The minimum atomic E-state index is 0.347. The number of hydrogen-bond donors (Lipinski definition) is 1. The van der Waals surface area contributed by atoms with Gasteiger partial charge in [-0.3, -0.25) is 0 Å². The van der Waals surface area contributed by atoms with Gasteiger partial charge in [0, 0.05) is 16.8 Å². The second-order valence-corrected chi connectivity index (χ2v) is 5.48. The number of hydrogen-bond acceptors (Lipinski definition) is 3. The van der Waals surface area contributed by atoms with Crippen LogP contribution in [-0.2, 0) is 6.42 Å². The molecule has 0 amide bonds. The molecule has 0 bridgehead atoms. The summed E-state index contributed by atoms with van der Waals surface area (Å²) in [6.07, 6.45) is 2.41. The van der Waals surface area contributed by atoms with Crippen molar-refractivity contribution < 1.29 is 0 Å². The van der Waals surface area contributed by atoms with Gasteiger partial charge in [0.15, 0.2) is 0 Å². The highest BCUT2D eigenvalue weighted by Gasteiger charge is 2.35. The van der Waals surface area contributed by atoms with Gasteiger partial charge in [0.2, 0.25) is 0 Å². The molecule has 1 atom stereocenters. The topological polar surface area (TPSA) is 29.3 Å². The van der Waals surface area contributed by atoms with Gasteiger partial charge >= 0.3 is 0 Å². The predicted molar refractivity (Wildman–Crippen MR) is 61.6 cm³/mol. The van der Waals surface area contributed by atoms with E-state index in [2.05, 4.69) is 29.5 Å². The first kappa shape index (κ1) is 10.1. The number of rotatable bonds is 3. The summed E-state index contributed by atoms with van der Waals surface area (Å²) in [5, 5.41) is 2.15. The molecule has 0 spiro atoms. The molecule has 1 aliphatic rings. The molecule has 0 aliphatic carbocycles. The Balaban J connectivity index is 2.06. The molecule has 0 aromatic carbocycles. The molecule has 2 nitrogen and oxygen atoms in total. The van der Waals surface area contributed by atoms with Gasteiger partial charge in [-0.1, -0.05) is 6.07 Å². The van der Waals surface area contributed by atoms with Crippen molar-refractivity contribution in [2.75, 3.05) is 26.7 Å². The van der Waals surface area contributed by atoms with Crippen molar-refractivity contribution in [2.24, 2.45) is 11.1 Å². The lowest BCUT2D eigenvalue weighted by atomic mass is 9.83. The summed E-state index contributed by atoms with van der Waals surface area (Å²) in [5.74, 6) is 0. The second-order valence-electron chi connectivity index (χ2n) is 4.45. The molecule has 1 aromatic heterocycles. The van der Waals surface area contributed by atoms with E-state index >= 15 is 0 Å². The molecule has 1 fully saturated rings. The van der Waals surface area contributed by atoms with Crippen molar-refractivity contribution in [3.63, 3.8) is 0 Å². The van der Waals surface area contributed by atoms with Crippen LogP contribution in [0.5, 0.6) is 0 Å². The largest absolute Gasteiger partial charge is 0.330 e. The molecule has 1 saturated heterocycles. The molecule has 3 heteroatoms. The first-order valence-corrected chi connectivity index (χ1v) is 6.03. The maximum absolute atomic E-state index is 5.93. The molecule has 1 aromatic rings. The van der Waals surface area contributed by atoms with Crippen LogP contribution in [0.25, 0.3) is 0 Å². The molecule has 78 valence electrons. The van der Waals surface area contributed by atoms with Crippen LogP contribution in [0.1, 0.15) is 11.3 Å². The van der Waals surface area contributed by atoms with Gasteiger partial charge in [0.05, 0.1) is 0 Å². The van der Waals surface area contributed by atoms with E-state index in [0.29, 0.717) is 5.41 Å². The van der Waals surface area contributed by atoms with Gasteiger partial charge in [0.25, 0.3) is 0 Å². The summed E-state index contributed by atoms with van der Waals surface area (Å²) < 4.78 is 0. The van der Waals surface area contributed by atoms with Crippen LogP contribution in [0.2, 0.25) is 0 Å². The van der Waals surface area contributed by atoms with Crippen LogP contribution in [0.4, 0.5) is 0 Å². The summed E-state index contributed by atoms with van der Waals surface area (Å²) in [6, 6.07) is 4.35. The third kappa shape index (κ3) is 2.00. The quantitative estimate of drug-likeness (QED) is 0.820. The summed E-state index contributed by atoms with van der Waals surface area (Å²) in [7, 11) is 2.19. The van der Waals surface area contributed by atoms with Crippen molar-refractivity contribution >= 4 is 11.3 Å². The maximum Gasteiger partial charge on any atom is 0.00517 e. The van der Waals surface area contributed by atoms with Crippen molar-refractivity contribution in [2.45, 2.75) is 12.8 Å². The van der Waals surface area contributed by atoms with Crippen LogP contribution in [0.15, 0.2) is 17.5 Å². The van der Waals surface area contributed by atoms with E-state index in [9.17, 15) is 0 Å². The van der Waals surface area contributed by atoms with E-state index in [0.717, 1.165) is 19.5 Å². The van der Waals surface area contributed by atoms with Gasteiger partial charge in [-0.2, -0.15) is 0 Å². The van der Waals surface area contributed by atoms with Gasteiger partial charge in [0.1, 0.15) is 0 Å². The highest BCUT2D eigenvalue weighted by atomic mass is 32.1. The van der Waals surface area contributed by atoms with Crippen molar-refractivity contribution in [1.82, 2.24) is 4.90 Å².